The van der Waals surface area contributed by atoms with Crippen LogP contribution in [-0.4, -0.2) is 34.1 Å². The van der Waals surface area contributed by atoms with Gasteiger partial charge in [-0.15, -0.1) is 0 Å². The first-order valence-corrected chi connectivity index (χ1v) is 23.0. The minimum atomic E-state index is 0.526. The second-order valence-electron chi connectivity index (χ2n) is 17.3. The molecule has 0 bridgehead atoms. The smallest absolute Gasteiger partial charge is 0.165 e. The Morgan fingerprint density at radius 1 is 0.333 bits per heavy atom. The second-order valence-corrected chi connectivity index (χ2v) is 17.3. The van der Waals surface area contributed by atoms with Crippen LogP contribution in [0.5, 0.6) is 0 Å². The fourth-order valence-electron chi connectivity index (χ4n) is 10.3. The summed E-state index contributed by atoms with van der Waals surface area (Å²) in [6.45, 7) is 0. The van der Waals surface area contributed by atoms with Gasteiger partial charge in [0, 0.05) is 79.8 Å². The third kappa shape index (κ3) is 6.13. The monoisotopic (exact) mass is 883 g/mol. The number of nitrogens with zero attached hydrogens (tertiary/aromatic N) is 7. The zero-order valence-corrected chi connectivity index (χ0v) is 36.9. The lowest BCUT2D eigenvalue weighted by atomic mass is 9.92. The van der Waals surface area contributed by atoms with Crippen LogP contribution in [0.15, 0.2) is 229 Å². The number of fused-ring (bicyclic) bond motifs is 11. The maximum atomic E-state index is 7.34. The highest BCUT2D eigenvalue weighted by Crippen LogP contribution is 2.48. The van der Waals surface area contributed by atoms with E-state index in [0.29, 0.717) is 17.5 Å². The minimum absolute atomic E-state index is 0.526. The highest BCUT2D eigenvalue weighted by atomic mass is 16.3. The molecule has 69 heavy (non-hydrogen) atoms. The molecule has 0 spiro atoms. The van der Waals surface area contributed by atoms with Crippen LogP contribution in [0.25, 0.3) is 133 Å². The van der Waals surface area contributed by atoms with Crippen molar-refractivity contribution in [1.82, 2.24) is 34.1 Å². The molecule has 0 unspecified atom stereocenters. The molecule has 0 atom stereocenters. The average Bonchev–Trinajstić information content (AvgIpc) is 4.09. The van der Waals surface area contributed by atoms with E-state index in [2.05, 4.69) is 195 Å². The van der Waals surface area contributed by atoms with Crippen LogP contribution in [-0.2, 0) is 0 Å². The summed E-state index contributed by atoms with van der Waals surface area (Å²) in [5.74, 6) is 1.59. The Morgan fingerprint density at radius 2 is 0.768 bits per heavy atom. The van der Waals surface area contributed by atoms with E-state index in [1.54, 1.807) is 24.8 Å². The van der Waals surface area contributed by atoms with E-state index in [0.717, 1.165) is 116 Å². The maximum absolute atomic E-state index is 7.34. The largest absolute Gasteiger partial charge is 0.455 e. The molecular weight excluding hydrogens is 847 g/mol. The van der Waals surface area contributed by atoms with Gasteiger partial charge in [-0.05, 0) is 96.1 Å². The van der Waals surface area contributed by atoms with Gasteiger partial charge in [0.15, 0.2) is 17.5 Å². The fraction of sp³-hybridized carbons (Fsp3) is 0. The van der Waals surface area contributed by atoms with Gasteiger partial charge in [-0.1, -0.05) is 115 Å². The molecule has 6 heterocycles. The first kappa shape index (κ1) is 38.7. The van der Waals surface area contributed by atoms with Gasteiger partial charge >= 0.3 is 0 Å². The van der Waals surface area contributed by atoms with Crippen molar-refractivity contribution in [2.45, 2.75) is 0 Å². The Bertz CT molecular complexity index is 4160. The molecule has 0 radical (unpaired) electrons. The Kier molecular flexibility index (Phi) is 8.72. The van der Waals surface area contributed by atoms with E-state index in [1.165, 1.54) is 0 Å². The van der Waals surface area contributed by atoms with E-state index in [-0.39, 0.29) is 0 Å². The number of hydrogen-bond acceptors (Lipinski definition) is 6. The van der Waals surface area contributed by atoms with Crippen molar-refractivity contribution < 1.29 is 4.42 Å². The van der Waals surface area contributed by atoms with Gasteiger partial charge in [-0.3, -0.25) is 9.97 Å². The third-order valence-electron chi connectivity index (χ3n) is 13.3. The van der Waals surface area contributed by atoms with E-state index in [9.17, 15) is 0 Å². The molecule has 0 aliphatic rings. The van der Waals surface area contributed by atoms with E-state index >= 15 is 0 Å². The topological polar surface area (TPSA) is 87.4 Å². The number of furan rings is 1. The van der Waals surface area contributed by atoms with Gasteiger partial charge in [0.05, 0.1) is 38.5 Å². The first-order chi connectivity index (χ1) is 34.2. The van der Waals surface area contributed by atoms with Crippen molar-refractivity contribution in [3.05, 3.63) is 225 Å². The zero-order valence-electron chi connectivity index (χ0n) is 36.9. The fourth-order valence-corrected chi connectivity index (χ4v) is 10.3. The lowest BCUT2D eigenvalue weighted by Crippen LogP contribution is -2.04. The molecule has 0 fully saturated rings. The first-order valence-electron chi connectivity index (χ1n) is 23.0. The second kappa shape index (κ2) is 15.5. The molecule has 6 aromatic heterocycles. The third-order valence-corrected chi connectivity index (χ3v) is 13.3. The highest BCUT2D eigenvalue weighted by molar-refractivity contribution is 6.29. The molecule has 14 rings (SSSR count). The summed E-state index contributed by atoms with van der Waals surface area (Å²) in [6.07, 6.45) is 7.08. The molecule has 8 nitrogen and oxygen atoms in total. The zero-order chi connectivity index (χ0) is 45.4. The normalized spacial score (nSPS) is 11.8. The van der Waals surface area contributed by atoms with Gasteiger partial charge in [0.1, 0.15) is 11.2 Å². The van der Waals surface area contributed by atoms with Crippen LogP contribution >= 0.6 is 0 Å². The van der Waals surface area contributed by atoms with Crippen LogP contribution in [0.1, 0.15) is 0 Å². The van der Waals surface area contributed by atoms with Crippen LogP contribution in [0.2, 0.25) is 0 Å². The minimum Gasteiger partial charge on any atom is -0.455 e. The SMILES string of the molecule is c1ccc(-c2cc(-c3nc(-c4cccnc4)nc(-c4cccnc4)n3)cc(-c3ccccc3)c2-n2c3ccccc3c3c4oc5c(ccc6c5c5ccccc5n6-c5ccccc5)c4ccc32)cc1. The molecule has 0 N–H and O–H groups in total. The lowest BCUT2D eigenvalue weighted by Gasteiger charge is -2.21. The van der Waals surface area contributed by atoms with Crippen molar-refractivity contribution in [1.29, 1.82) is 0 Å². The molecular formula is C61H37N7O. The Labute approximate surface area is 395 Å². The van der Waals surface area contributed by atoms with Crippen molar-refractivity contribution in [2.24, 2.45) is 0 Å². The Hall–Kier alpha value is -9.53. The number of aromatic nitrogens is 7. The van der Waals surface area contributed by atoms with E-state index < -0.39 is 0 Å². The number of rotatable bonds is 7. The van der Waals surface area contributed by atoms with Gasteiger partial charge in [0.2, 0.25) is 0 Å². The van der Waals surface area contributed by atoms with Gasteiger partial charge in [-0.25, -0.2) is 15.0 Å². The number of pyridine rings is 2. The summed E-state index contributed by atoms with van der Waals surface area (Å²) in [5, 5.41) is 6.57. The standard InChI is InChI=1S/C61H37N7O/c1-4-16-38(17-5-1)48-34-42(61-65-59(40-20-14-32-62-36-40)64-60(66-61)41-21-15-33-63-37-41)35-49(39-18-6-2-7-19-39)56(48)68-51-27-13-11-25-47(51)55-53(68)31-29-45-44-28-30-52-54(57(44)69-58(45)55)46-24-10-12-26-50(46)67(52)43-22-8-3-9-23-43/h1-37H. The lowest BCUT2D eigenvalue weighted by molar-refractivity contribution is 0.677. The molecule has 0 amide bonds. The molecule has 0 aliphatic heterocycles. The van der Waals surface area contributed by atoms with Crippen molar-refractivity contribution in [3.8, 4) is 67.8 Å². The van der Waals surface area contributed by atoms with Crippen LogP contribution in [0.4, 0.5) is 0 Å². The Balaban J connectivity index is 1.08. The number of hydrogen-bond donors (Lipinski definition) is 0. The summed E-state index contributed by atoms with van der Waals surface area (Å²) in [5.41, 5.74) is 14.8. The molecule has 8 heteroatoms. The number of para-hydroxylation sites is 3. The molecule has 0 aliphatic carbocycles. The predicted molar refractivity (Wildman–Crippen MR) is 279 cm³/mol. The van der Waals surface area contributed by atoms with E-state index in [4.69, 9.17) is 19.4 Å². The quantitative estimate of drug-likeness (QED) is 0.158. The summed E-state index contributed by atoms with van der Waals surface area (Å²) >= 11 is 0. The van der Waals surface area contributed by atoms with Gasteiger partial charge in [-0.2, -0.15) is 0 Å². The maximum Gasteiger partial charge on any atom is 0.165 e. The molecule has 8 aromatic carbocycles. The molecule has 0 saturated heterocycles. The van der Waals surface area contributed by atoms with Gasteiger partial charge in [0.25, 0.3) is 0 Å². The molecule has 14 aromatic rings. The summed E-state index contributed by atoms with van der Waals surface area (Å²) < 4.78 is 12.1. The van der Waals surface area contributed by atoms with Crippen LogP contribution in [0, 0.1) is 0 Å². The Morgan fingerprint density at radius 3 is 1.28 bits per heavy atom. The summed E-state index contributed by atoms with van der Waals surface area (Å²) in [7, 11) is 0. The van der Waals surface area contributed by atoms with Gasteiger partial charge < -0.3 is 13.6 Å². The van der Waals surface area contributed by atoms with Crippen molar-refractivity contribution >= 4 is 65.6 Å². The molecule has 0 saturated carbocycles. The number of benzene rings is 8. The summed E-state index contributed by atoms with van der Waals surface area (Å²) in [6, 6.07) is 70.3. The molecule has 322 valence electrons. The van der Waals surface area contributed by atoms with Crippen LogP contribution in [0.3, 0.4) is 0 Å². The average molecular weight is 884 g/mol. The van der Waals surface area contributed by atoms with Crippen LogP contribution < -0.4 is 0 Å². The summed E-state index contributed by atoms with van der Waals surface area (Å²) in [4.78, 5) is 24.1. The highest BCUT2D eigenvalue weighted by Gasteiger charge is 2.26. The predicted octanol–water partition coefficient (Wildman–Crippen LogP) is 15.1. The van der Waals surface area contributed by atoms with Crippen molar-refractivity contribution in [3.63, 3.8) is 0 Å². The van der Waals surface area contributed by atoms with Crippen molar-refractivity contribution in [2.75, 3.05) is 0 Å². The van der Waals surface area contributed by atoms with E-state index in [1.807, 2.05) is 24.3 Å².